The van der Waals surface area contributed by atoms with Crippen LogP contribution in [0.2, 0.25) is 0 Å². The molecule has 88 valence electrons. The van der Waals surface area contributed by atoms with Gasteiger partial charge in [-0.15, -0.1) is 11.8 Å². The van der Waals surface area contributed by atoms with E-state index in [1.807, 2.05) is 12.1 Å². The molecule has 1 aromatic carbocycles. The predicted octanol–water partition coefficient (Wildman–Crippen LogP) is 3.55. The second-order valence-corrected chi connectivity index (χ2v) is 4.56. The number of ether oxygens (including phenoxy) is 1. The molecule has 0 saturated heterocycles. The van der Waals surface area contributed by atoms with Gasteiger partial charge in [0.15, 0.2) is 0 Å². The highest BCUT2D eigenvalue weighted by Gasteiger charge is 1.96. The first-order valence-electron chi connectivity index (χ1n) is 5.48. The van der Waals surface area contributed by atoms with Crippen LogP contribution in [0.1, 0.15) is 26.2 Å². The third-order valence-corrected chi connectivity index (χ3v) is 2.99. The van der Waals surface area contributed by atoms with E-state index in [1.165, 1.54) is 4.90 Å². The highest BCUT2D eigenvalue weighted by molar-refractivity contribution is 7.98. The van der Waals surface area contributed by atoms with Gasteiger partial charge in [-0.1, -0.05) is 0 Å². The summed E-state index contributed by atoms with van der Waals surface area (Å²) < 4.78 is 5.57. The fourth-order valence-electron chi connectivity index (χ4n) is 1.34. The van der Waals surface area contributed by atoms with Crippen molar-refractivity contribution in [1.29, 1.82) is 0 Å². The summed E-state index contributed by atoms with van der Waals surface area (Å²) in [5, 5.41) is 0. The van der Waals surface area contributed by atoms with E-state index >= 15 is 0 Å². The van der Waals surface area contributed by atoms with E-state index in [-0.39, 0.29) is 5.78 Å². The van der Waals surface area contributed by atoms with Gasteiger partial charge >= 0.3 is 0 Å². The van der Waals surface area contributed by atoms with Gasteiger partial charge in [0.1, 0.15) is 11.5 Å². The van der Waals surface area contributed by atoms with Crippen molar-refractivity contribution < 1.29 is 9.53 Å². The van der Waals surface area contributed by atoms with Crippen molar-refractivity contribution in [3.05, 3.63) is 24.3 Å². The largest absolute Gasteiger partial charge is 0.494 e. The average molecular weight is 238 g/mol. The number of carbonyl (C=O) groups excluding carboxylic acids is 1. The third-order valence-electron chi connectivity index (χ3n) is 2.25. The predicted molar refractivity (Wildman–Crippen MR) is 68.3 cm³/mol. The first-order chi connectivity index (χ1) is 7.72. The molecule has 2 nitrogen and oxygen atoms in total. The molecular formula is C13H18O2S. The van der Waals surface area contributed by atoms with E-state index in [0.29, 0.717) is 13.0 Å². The van der Waals surface area contributed by atoms with Crippen molar-refractivity contribution in [2.45, 2.75) is 31.1 Å². The summed E-state index contributed by atoms with van der Waals surface area (Å²) in [5.74, 6) is 1.16. The van der Waals surface area contributed by atoms with Crippen LogP contribution >= 0.6 is 11.8 Å². The van der Waals surface area contributed by atoms with Crippen molar-refractivity contribution in [1.82, 2.24) is 0 Å². The van der Waals surface area contributed by atoms with Crippen molar-refractivity contribution in [3.63, 3.8) is 0 Å². The lowest BCUT2D eigenvalue weighted by molar-refractivity contribution is -0.117. The maximum absolute atomic E-state index is 10.7. The molecule has 0 spiro atoms. The summed E-state index contributed by atoms with van der Waals surface area (Å²) in [6.07, 6.45) is 4.56. The Morgan fingerprint density at radius 1 is 1.25 bits per heavy atom. The van der Waals surface area contributed by atoms with Crippen LogP contribution in [0.25, 0.3) is 0 Å². The number of thioether (sulfide) groups is 1. The third kappa shape index (κ3) is 5.21. The molecule has 0 amide bonds. The second-order valence-electron chi connectivity index (χ2n) is 3.68. The molecule has 0 unspecified atom stereocenters. The molecule has 0 aliphatic heterocycles. The second kappa shape index (κ2) is 7.34. The fraction of sp³-hybridized carbons (Fsp3) is 0.462. The molecule has 16 heavy (non-hydrogen) atoms. The molecule has 0 fully saturated rings. The van der Waals surface area contributed by atoms with Crippen LogP contribution < -0.4 is 4.74 Å². The Bertz CT molecular complexity index is 319. The van der Waals surface area contributed by atoms with Gasteiger partial charge in [-0.2, -0.15) is 0 Å². The monoisotopic (exact) mass is 238 g/mol. The van der Waals surface area contributed by atoms with Gasteiger partial charge in [-0.3, -0.25) is 0 Å². The minimum Gasteiger partial charge on any atom is -0.494 e. The smallest absolute Gasteiger partial charge is 0.129 e. The zero-order valence-electron chi connectivity index (χ0n) is 9.86. The molecule has 0 aliphatic carbocycles. The van der Waals surface area contributed by atoms with E-state index < -0.39 is 0 Å². The number of carbonyl (C=O) groups is 1. The molecule has 0 saturated carbocycles. The summed E-state index contributed by atoms with van der Waals surface area (Å²) >= 11 is 1.72. The van der Waals surface area contributed by atoms with Crippen molar-refractivity contribution in [2.75, 3.05) is 12.9 Å². The molecule has 0 aromatic heterocycles. The van der Waals surface area contributed by atoms with E-state index in [0.717, 1.165) is 18.6 Å². The summed E-state index contributed by atoms with van der Waals surface area (Å²) in [5.41, 5.74) is 0. The average Bonchev–Trinajstić information content (AvgIpc) is 2.29. The maximum Gasteiger partial charge on any atom is 0.129 e. The Hall–Kier alpha value is -0.960. The van der Waals surface area contributed by atoms with Gasteiger partial charge < -0.3 is 9.53 Å². The van der Waals surface area contributed by atoms with E-state index in [9.17, 15) is 4.79 Å². The van der Waals surface area contributed by atoms with Gasteiger partial charge in [0.05, 0.1) is 6.61 Å². The van der Waals surface area contributed by atoms with Crippen LogP contribution in [-0.4, -0.2) is 18.6 Å². The molecular weight excluding hydrogens is 220 g/mol. The molecule has 1 aromatic rings. The van der Waals surface area contributed by atoms with E-state index in [4.69, 9.17) is 4.74 Å². The maximum atomic E-state index is 10.7. The number of unbranched alkanes of at least 4 members (excludes halogenated alkanes) is 1. The lowest BCUT2D eigenvalue weighted by Gasteiger charge is -2.06. The van der Waals surface area contributed by atoms with Gasteiger partial charge in [-0.25, -0.2) is 0 Å². The zero-order chi connectivity index (χ0) is 11.8. The van der Waals surface area contributed by atoms with Gasteiger partial charge in [0.25, 0.3) is 0 Å². The van der Waals surface area contributed by atoms with Crippen molar-refractivity contribution in [2.24, 2.45) is 0 Å². The fourth-order valence-corrected chi connectivity index (χ4v) is 1.75. The molecule has 0 bridgehead atoms. The topological polar surface area (TPSA) is 26.3 Å². The SMILES string of the molecule is CSc1ccc(OCCCCC(C)=O)cc1. The molecule has 1 rings (SSSR count). The zero-order valence-corrected chi connectivity index (χ0v) is 10.7. The molecule has 0 radical (unpaired) electrons. The quantitative estimate of drug-likeness (QED) is 0.537. The lowest BCUT2D eigenvalue weighted by Crippen LogP contribution is -1.98. The first kappa shape index (κ1) is 13.1. The van der Waals surface area contributed by atoms with Crippen molar-refractivity contribution in [3.8, 4) is 5.75 Å². The summed E-state index contributed by atoms with van der Waals surface area (Å²) in [4.78, 5) is 11.9. The first-order valence-corrected chi connectivity index (χ1v) is 6.71. The highest BCUT2D eigenvalue weighted by Crippen LogP contribution is 2.19. The molecule has 3 heteroatoms. The molecule has 0 N–H and O–H groups in total. The van der Waals surface area contributed by atoms with Crippen LogP contribution in [0.4, 0.5) is 0 Å². The van der Waals surface area contributed by atoms with E-state index in [2.05, 4.69) is 18.4 Å². The Morgan fingerprint density at radius 3 is 2.50 bits per heavy atom. The van der Waals surface area contributed by atoms with Crippen LogP contribution in [0.15, 0.2) is 29.2 Å². The normalized spacial score (nSPS) is 10.1. The van der Waals surface area contributed by atoms with Crippen LogP contribution in [-0.2, 0) is 4.79 Å². The number of hydrogen-bond donors (Lipinski definition) is 0. The lowest BCUT2D eigenvalue weighted by atomic mass is 10.2. The molecule has 0 aliphatic rings. The Balaban J connectivity index is 2.19. The minimum absolute atomic E-state index is 0.254. The van der Waals surface area contributed by atoms with Gasteiger partial charge in [-0.05, 0) is 50.3 Å². The van der Waals surface area contributed by atoms with Crippen LogP contribution in [0.5, 0.6) is 5.75 Å². The summed E-state index contributed by atoms with van der Waals surface area (Å²) in [7, 11) is 0. The number of hydrogen-bond acceptors (Lipinski definition) is 3. The van der Waals surface area contributed by atoms with Crippen LogP contribution in [0, 0.1) is 0 Å². The number of rotatable bonds is 7. The molecule has 0 atom stereocenters. The number of ketones is 1. The van der Waals surface area contributed by atoms with Gasteiger partial charge in [0, 0.05) is 11.3 Å². The Morgan fingerprint density at radius 2 is 1.94 bits per heavy atom. The summed E-state index contributed by atoms with van der Waals surface area (Å²) in [6, 6.07) is 8.07. The van der Waals surface area contributed by atoms with E-state index in [1.54, 1.807) is 18.7 Å². The van der Waals surface area contributed by atoms with Crippen molar-refractivity contribution >= 4 is 17.5 Å². The highest BCUT2D eigenvalue weighted by atomic mass is 32.2. The Kier molecular flexibility index (Phi) is 6.01. The summed E-state index contributed by atoms with van der Waals surface area (Å²) in [6.45, 7) is 2.31. The van der Waals surface area contributed by atoms with Gasteiger partial charge in [0.2, 0.25) is 0 Å². The van der Waals surface area contributed by atoms with Crippen LogP contribution in [0.3, 0.4) is 0 Å². The number of benzene rings is 1. The standard InChI is InChI=1S/C13H18O2S/c1-11(14)5-3-4-10-15-12-6-8-13(16-2)9-7-12/h6-9H,3-5,10H2,1-2H3. The Labute approximate surface area is 101 Å². The number of Topliss-reactive ketones (excluding diaryl/α,β-unsaturated/α-hetero) is 1. The minimum atomic E-state index is 0.254. The molecule has 0 heterocycles.